The van der Waals surface area contributed by atoms with Crippen molar-refractivity contribution in [2.45, 2.75) is 32.7 Å². The molecule has 1 aromatic carbocycles. The summed E-state index contributed by atoms with van der Waals surface area (Å²) in [6, 6.07) is 11.5. The Hall–Kier alpha value is -3.55. The fourth-order valence-corrected chi connectivity index (χ4v) is 3.95. The van der Waals surface area contributed by atoms with Gasteiger partial charge in [-0.2, -0.15) is 5.10 Å². The Balaban J connectivity index is 1.38. The fourth-order valence-electron chi connectivity index (χ4n) is 3.95. The van der Waals surface area contributed by atoms with E-state index in [1.165, 1.54) is 5.56 Å². The molecule has 1 aliphatic heterocycles. The van der Waals surface area contributed by atoms with Gasteiger partial charge in [0.25, 0.3) is 0 Å². The van der Waals surface area contributed by atoms with E-state index < -0.39 is 0 Å². The van der Waals surface area contributed by atoms with E-state index >= 15 is 0 Å². The predicted molar refractivity (Wildman–Crippen MR) is 129 cm³/mol. The second-order valence-electron chi connectivity index (χ2n) is 8.04. The van der Waals surface area contributed by atoms with Crippen molar-refractivity contribution < 1.29 is 9.47 Å². The van der Waals surface area contributed by atoms with Gasteiger partial charge in [-0.1, -0.05) is 18.2 Å². The Morgan fingerprint density at radius 1 is 1.15 bits per heavy atom. The van der Waals surface area contributed by atoms with Gasteiger partial charge in [0.2, 0.25) is 5.88 Å². The highest BCUT2D eigenvalue weighted by Crippen LogP contribution is 2.30. The van der Waals surface area contributed by atoms with E-state index in [0.29, 0.717) is 36.4 Å². The third kappa shape index (κ3) is 5.83. The average molecular weight is 449 g/mol. The number of guanidine groups is 1. The first-order valence-electron chi connectivity index (χ1n) is 11.5. The van der Waals surface area contributed by atoms with Crippen LogP contribution >= 0.6 is 0 Å². The molecule has 8 heteroatoms. The fraction of sp³-hybridized carbons (Fsp3) is 0.400. The van der Waals surface area contributed by atoms with Crippen LogP contribution in [0.15, 0.2) is 60.0 Å². The quantitative estimate of drug-likeness (QED) is 0.415. The molecule has 33 heavy (non-hydrogen) atoms. The van der Waals surface area contributed by atoms with Crippen LogP contribution in [0, 0.1) is 0 Å². The van der Waals surface area contributed by atoms with Gasteiger partial charge in [0.1, 0.15) is 0 Å². The van der Waals surface area contributed by atoms with Gasteiger partial charge in [-0.05, 0) is 43.5 Å². The van der Waals surface area contributed by atoms with Crippen molar-refractivity contribution in [1.82, 2.24) is 25.0 Å². The number of rotatable bonds is 8. The maximum Gasteiger partial charge on any atom is 0.219 e. The Morgan fingerprint density at radius 3 is 2.70 bits per heavy atom. The Bertz CT molecular complexity index is 1060. The van der Waals surface area contributed by atoms with Crippen LogP contribution in [-0.2, 0) is 13.6 Å². The number of para-hydroxylation sites is 2. The first-order chi connectivity index (χ1) is 16.2. The zero-order valence-corrected chi connectivity index (χ0v) is 19.6. The molecule has 1 saturated heterocycles. The van der Waals surface area contributed by atoms with Crippen molar-refractivity contribution in [3.05, 3.63) is 66.1 Å². The van der Waals surface area contributed by atoms with Gasteiger partial charge in [-0.25, -0.2) is 9.98 Å². The van der Waals surface area contributed by atoms with Crippen LogP contribution in [-0.4, -0.2) is 51.9 Å². The van der Waals surface area contributed by atoms with Crippen LogP contribution in [0.2, 0.25) is 0 Å². The smallest absolute Gasteiger partial charge is 0.219 e. The molecule has 0 spiro atoms. The Labute approximate surface area is 195 Å². The van der Waals surface area contributed by atoms with E-state index in [0.717, 1.165) is 37.6 Å². The maximum absolute atomic E-state index is 5.92. The molecule has 0 amide bonds. The van der Waals surface area contributed by atoms with Crippen molar-refractivity contribution in [2.75, 3.05) is 26.2 Å². The minimum atomic E-state index is 0.486. The van der Waals surface area contributed by atoms with Gasteiger partial charge < -0.3 is 19.7 Å². The third-order valence-corrected chi connectivity index (χ3v) is 5.59. The van der Waals surface area contributed by atoms with Gasteiger partial charge in [-0.15, -0.1) is 0 Å². The second kappa shape index (κ2) is 10.8. The summed E-state index contributed by atoms with van der Waals surface area (Å²) in [5.74, 6) is 3.32. The molecule has 1 unspecified atom stereocenters. The average Bonchev–Trinajstić information content (AvgIpc) is 3.48. The lowest BCUT2D eigenvalue weighted by molar-refractivity contribution is 0.319. The molecule has 2 aromatic heterocycles. The molecule has 1 atom stereocenters. The molecule has 1 fully saturated rings. The summed E-state index contributed by atoms with van der Waals surface area (Å²) >= 11 is 0. The number of nitrogens with zero attached hydrogens (tertiary/aromatic N) is 5. The van der Waals surface area contributed by atoms with E-state index in [-0.39, 0.29) is 0 Å². The van der Waals surface area contributed by atoms with Crippen molar-refractivity contribution in [2.24, 2.45) is 12.0 Å². The molecule has 1 aliphatic rings. The molecule has 8 nitrogen and oxygen atoms in total. The van der Waals surface area contributed by atoms with Crippen molar-refractivity contribution in [1.29, 1.82) is 0 Å². The van der Waals surface area contributed by atoms with E-state index in [9.17, 15) is 0 Å². The highest BCUT2D eigenvalue weighted by molar-refractivity contribution is 5.80. The molecule has 0 radical (unpaired) electrons. The monoisotopic (exact) mass is 448 g/mol. The van der Waals surface area contributed by atoms with Crippen LogP contribution in [0.5, 0.6) is 17.4 Å². The molecular weight excluding hydrogens is 416 g/mol. The SMILES string of the molecule is CCNC(=NCc1ccc(Oc2ccccc2OCC)nc1)N1CCC(c2cnn(C)c2)C1. The summed E-state index contributed by atoms with van der Waals surface area (Å²) in [6.45, 7) is 7.94. The van der Waals surface area contributed by atoms with Gasteiger partial charge in [0.15, 0.2) is 17.5 Å². The van der Waals surface area contributed by atoms with E-state index in [1.54, 1.807) is 0 Å². The summed E-state index contributed by atoms with van der Waals surface area (Å²) in [5, 5.41) is 7.75. The summed E-state index contributed by atoms with van der Waals surface area (Å²) in [5.41, 5.74) is 2.32. The number of hydrogen-bond donors (Lipinski definition) is 1. The number of benzene rings is 1. The van der Waals surface area contributed by atoms with Gasteiger partial charge >= 0.3 is 0 Å². The predicted octanol–water partition coefficient (Wildman–Crippen LogP) is 3.96. The van der Waals surface area contributed by atoms with Gasteiger partial charge in [0, 0.05) is 51.1 Å². The number of ether oxygens (including phenoxy) is 2. The molecule has 0 aliphatic carbocycles. The van der Waals surface area contributed by atoms with Crippen molar-refractivity contribution >= 4 is 5.96 Å². The summed E-state index contributed by atoms with van der Waals surface area (Å²) in [4.78, 5) is 11.7. The van der Waals surface area contributed by atoms with Crippen molar-refractivity contribution in [3.63, 3.8) is 0 Å². The van der Waals surface area contributed by atoms with E-state index in [2.05, 4.69) is 33.4 Å². The summed E-state index contributed by atoms with van der Waals surface area (Å²) in [7, 11) is 1.96. The lowest BCUT2D eigenvalue weighted by Gasteiger charge is -2.21. The maximum atomic E-state index is 5.92. The van der Waals surface area contributed by atoms with Gasteiger partial charge in [-0.3, -0.25) is 4.68 Å². The van der Waals surface area contributed by atoms with Crippen LogP contribution in [0.25, 0.3) is 0 Å². The second-order valence-corrected chi connectivity index (χ2v) is 8.04. The number of hydrogen-bond acceptors (Lipinski definition) is 5. The van der Waals surface area contributed by atoms with Crippen molar-refractivity contribution in [3.8, 4) is 17.4 Å². The number of aliphatic imine (C=N–C) groups is 1. The summed E-state index contributed by atoms with van der Waals surface area (Å²) < 4.78 is 13.4. The first-order valence-corrected chi connectivity index (χ1v) is 11.5. The molecule has 3 heterocycles. The lowest BCUT2D eigenvalue weighted by Crippen LogP contribution is -2.40. The van der Waals surface area contributed by atoms with E-state index in [4.69, 9.17) is 14.5 Å². The third-order valence-electron chi connectivity index (χ3n) is 5.59. The largest absolute Gasteiger partial charge is 0.490 e. The highest BCUT2D eigenvalue weighted by Gasteiger charge is 2.26. The molecular formula is C25H32N6O2. The zero-order valence-electron chi connectivity index (χ0n) is 19.6. The van der Waals surface area contributed by atoms with Crippen LogP contribution in [0.1, 0.15) is 37.3 Å². The number of aromatic nitrogens is 3. The lowest BCUT2D eigenvalue weighted by atomic mass is 10.0. The topological polar surface area (TPSA) is 76.8 Å². The van der Waals surface area contributed by atoms with E-state index in [1.807, 2.05) is 67.4 Å². The molecule has 1 N–H and O–H groups in total. The van der Waals surface area contributed by atoms with Gasteiger partial charge in [0.05, 0.1) is 19.3 Å². The highest BCUT2D eigenvalue weighted by atomic mass is 16.5. The molecule has 0 saturated carbocycles. The molecule has 174 valence electrons. The number of aryl methyl sites for hydroxylation is 1. The normalized spacial score (nSPS) is 16.2. The Morgan fingerprint density at radius 2 is 2.00 bits per heavy atom. The van der Waals surface area contributed by atoms with Crippen LogP contribution in [0.4, 0.5) is 0 Å². The first kappa shape index (κ1) is 22.6. The van der Waals surface area contributed by atoms with Crippen LogP contribution in [0.3, 0.4) is 0 Å². The molecule has 4 rings (SSSR count). The summed E-state index contributed by atoms with van der Waals surface area (Å²) in [6.07, 6.45) is 7.00. The minimum Gasteiger partial charge on any atom is -0.490 e. The standard InChI is InChI=1S/C25H32N6O2/c1-4-26-25(31-13-12-20(18-31)21-16-29-30(3)17-21)28-15-19-10-11-24(27-14-19)33-23-9-7-6-8-22(23)32-5-2/h6-11,14,16-17,20H,4-5,12-13,15,18H2,1-3H3,(H,26,28). The number of nitrogens with one attached hydrogen (secondary N) is 1. The molecule has 3 aromatic rings. The molecule has 0 bridgehead atoms. The number of likely N-dealkylation sites (tertiary alicyclic amines) is 1. The zero-order chi connectivity index (χ0) is 23.0. The Kier molecular flexibility index (Phi) is 7.44. The van der Waals surface area contributed by atoms with Crippen LogP contribution < -0.4 is 14.8 Å². The number of pyridine rings is 1. The minimum absolute atomic E-state index is 0.486.